The third-order valence-corrected chi connectivity index (χ3v) is 4.26. The van der Waals surface area contributed by atoms with Crippen molar-refractivity contribution < 1.29 is 9.84 Å². The van der Waals surface area contributed by atoms with Gasteiger partial charge in [-0.1, -0.05) is 35.8 Å². The Balaban J connectivity index is 2.16. The first-order chi connectivity index (χ1) is 7.95. The van der Waals surface area contributed by atoms with E-state index >= 15 is 0 Å². The van der Waals surface area contributed by atoms with Gasteiger partial charge in [0.2, 0.25) is 0 Å². The Morgan fingerprint density at radius 2 is 2.18 bits per heavy atom. The molecule has 0 saturated heterocycles. The van der Waals surface area contributed by atoms with Crippen LogP contribution in [0.3, 0.4) is 0 Å². The molecule has 0 heterocycles. The number of benzene rings is 1. The summed E-state index contributed by atoms with van der Waals surface area (Å²) < 4.78 is 6.36. The molecule has 2 rings (SSSR count). The van der Waals surface area contributed by atoms with Gasteiger partial charge in [-0.15, -0.1) is 0 Å². The molecule has 1 saturated carbocycles. The molecule has 1 aliphatic carbocycles. The molecule has 3 heteroatoms. The summed E-state index contributed by atoms with van der Waals surface area (Å²) in [6, 6.07) is 5.80. The fourth-order valence-electron chi connectivity index (χ4n) is 2.27. The highest BCUT2D eigenvalue weighted by Crippen LogP contribution is 2.58. The van der Waals surface area contributed by atoms with Crippen LogP contribution in [0.1, 0.15) is 38.9 Å². The van der Waals surface area contributed by atoms with Crippen LogP contribution in [0.15, 0.2) is 22.7 Å². The molecule has 0 spiro atoms. The molecular formula is C14H19BrO2. The van der Waals surface area contributed by atoms with Crippen molar-refractivity contribution in [3.05, 3.63) is 28.2 Å². The summed E-state index contributed by atoms with van der Waals surface area (Å²) in [5, 5.41) is 10.3. The Morgan fingerprint density at radius 1 is 1.53 bits per heavy atom. The smallest absolute Gasteiger partial charge is 0.120 e. The van der Waals surface area contributed by atoms with E-state index in [0.717, 1.165) is 22.2 Å². The summed E-state index contributed by atoms with van der Waals surface area (Å²) in [4.78, 5) is 0. The molecule has 2 atom stereocenters. The number of hydrogen-bond donors (Lipinski definition) is 1. The molecule has 1 fully saturated rings. The maximum Gasteiger partial charge on any atom is 0.120 e. The molecule has 0 aromatic heterocycles. The number of halogens is 1. The zero-order chi connectivity index (χ0) is 12.6. The highest BCUT2D eigenvalue weighted by molar-refractivity contribution is 9.10. The minimum atomic E-state index is -0.380. The largest absolute Gasteiger partial charge is 0.494 e. The van der Waals surface area contributed by atoms with Crippen LogP contribution >= 0.6 is 15.9 Å². The van der Waals surface area contributed by atoms with Crippen molar-refractivity contribution in [3.63, 3.8) is 0 Å². The Bertz CT molecular complexity index is 415. The summed E-state index contributed by atoms with van der Waals surface area (Å²) in [6.45, 7) is 7.01. The molecule has 94 valence electrons. The van der Waals surface area contributed by atoms with Crippen molar-refractivity contribution in [2.75, 3.05) is 6.61 Å². The van der Waals surface area contributed by atoms with Crippen LogP contribution in [0.5, 0.6) is 5.75 Å². The average molecular weight is 299 g/mol. The third kappa shape index (κ3) is 2.66. The molecule has 0 bridgehead atoms. The number of aliphatic hydroxyl groups is 1. The molecule has 0 aliphatic heterocycles. The van der Waals surface area contributed by atoms with Gasteiger partial charge in [0.1, 0.15) is 5.75 Å². The standard InChI is InChI=1S/C14H19BrO2/c1-4-17-9-5-6-10(12(15)7-9)13(16)11-8-14(11,2)3/h5-7,11,13,16H,4,8H2,1-3H3. The van der Waals surface area contributed by atoms with Gasteiger partial charge < -0.3 is 9.84 Å². The Kier molecular flexibility index (Phi) is 3.50. The lowest BCUT2D eigenvalue weighted by atomic mass is 10.00. The van der Waals surface area contributed by atoms with Crippen molar-refractivity contribution in [1.82, 2.24) is 0 Å². The number of aliphatic hydroxyl groups excluding tert-OH is 1. The quantitative estimate of drug-likeness (QED) is 0.913. The zero-order valence-electron chi connectivity index (χ0n) is 10.5. The second-order valence-corrected chi connectivity index (χ2v) is 6.21. The van der Waals surface area contributed by atoms with Crippen molar-refractivity contribution in [2.45, 2.75) is 33.3 Å². The molecule has 2 unspecified atom stereocenters. The van der Waals surface area contributed by atoms with E-state index < -0.39 is 0 Å². The van der Waals surface area contributed by atoms with Gasteiger partial charge in [-0.3, -0.25) is 0 Å². The van der Waals surface area contributed by atoms with E-state index in [1.54, 1.807) is 0 Å². The van der Waals surface area contributed by atoms with Gasteiger partial charge in [0.25, 0.3) is 0 Å². The molecule has 1 N–H and O–H groups in total. The van der Waals surface area contributed by atoms with Crippen molar-refractivity contribution in [2.24, 2.45) is 11.3 Å². The minimum absolute atomic E-state index is 0.275. The van der Waals surface area contributed by atoms with E-state index in [4.69, 9.17) is 4.74 Å². The fourth-order valence-corrected chi connectivity index (χ4v) is 2.86. The summed E-state index contributed by atoms with van der Waals surface area (Å²) >= 11 is 3.51. The van der Waals surface area contributed by atoms with Crippen LogP contribution < -0.4 is 4.74 Å². The van der Waals surface area contributed by atoms with Crippen LogP contribution in [-0.2, 0) is 0 Å². The van der Waals surface area contributed by atoms with Crippen molar-refractivity contribution in [3.8, 4) is 5.75 Å². The third-order valence-electron chi connectivity index (χ3n) is 3.57. The lowest BCUT2D eigenvalue weighted by molar-refractivity contribution is 0.137. The molecule has 0 radical (unpaired) electrons. The number of hydrogen-bond acceptors (Lipinski definition) is 2. The number of ether oxygens (including phenoxy) is 1. The van der Waals surface area contributed by atoms with Crippen LogP contribution in [0.2, 0.25) is 0 Å². The summed E-state index contributed by atoms with van der Waals surface area (Å²) in [5.41, 5.74) is 1.24. The Labute approximate surface area is 111 Å². The topological polar surface area (TPSA) is 29.5 Å². The summed E-state index contributed by atoms with van der Waals surface area (Å²) in [5.74, 6) is 1.21. The fraction of sp³-hybridized carbons (Fsp3) is 0.571. The monoisotopic (exact) mass is 298 g/mol. The first-order valence-corrected chi connectivity index (χ1v) is 6.85. The molecule has 2 nitrogen and oxygen atoms in total. The van der Waals surface area contributed by atoms with Gasteiger partial charge in [-0.2, -0.15) is 0 Å². The molecule has 0 amide bonds. The van der Waals surface area contributed by atoms with Crippen LogP contribution in [0.25, 0.3) is 0 Å². The van der Waals surface area contributed by atoms with E-state index in [9.17, 15) is 5.11 Å². The number of rotatable bonds is 4. The molecule has 1 aliphatic rings. The van der Waals surface area contributed by atoms with Gasteiger partial charge >= 0.3 is 0 Å². The van der Waals surface area contributed by atoms with E-state index in [-0.39, 0.29) is 11.5 Å². The van der Waals surface area contributed by atoms with Gasteiger partial charge in [0.15, 0.2) is 0 Å². The van der Waals surface area contributed by atoms with Crippen molar-refractivity contribution >= 4 is 15.9 Å². The maximum atomic E-state index is 10.3. The highest BCUT2D eigenvalue weighted by Gasteiger charge is 2.50. The maximum absolute atomic E-state index is 10.3. The van der Waals surface area contributed by atoms with Crippen LogP contribution in [0, 0.1) is 11.3 Å². The van der Waals surface area contributed by atoms with E-state index in [1.165, 1.54) is 0 Å². The molecule has 17 heavy (non-hydrogen) atoms. The molecule has 1 aromatic carbocycles. The summed E-state index contributed by atoms with van der Waals surface area (Å²) in [6.07, 6.45) is 0.712. The highest BCUT2D eigenvalue weighted by atomic mass is 79.9. The van der Waals surface area contributed by atoms with Crippen LogP contribution in [0.4, 0.5) is 0 Å². The predicted molar refractivity (Wildman–Crippen MR) is 72.2 cm³/mol. The first kappa shape index (κ1) is 12.9. The lowest BCUT2D eigenvalue weighted by Gasteiger charge is -2.15. The van der Waals surface area contributed by atoms with Crippen LogP contribution in [-0.4, -0.2) is 11.7 Å². The average Bonchev–Trinajstić information content (AvgIpc) is 2.88. The van der Waals surface area contributed by atoms with E-state index in [0.29, 0.717) is 12.5 Å². The zero-order valence-corrected chi connectivity index (χ0v) is 12.1. The van der Waals surface area contributed by atoms with Crippen molar-refractivity contribution in [1.29, 1.82) is 0 Å². The second kappa shape index (κ2) is 4.62. The van der Waals surface area contributed by atoms with Gasteiger partial charge in [-0.05, 0) is 42.4 Å². The lowest BCUT2D eigenvalue weighted by Crippen LogP contribution is -2.05. The molecular weight excluding hydrogens is 280 g/mol. The molecule has 1 aromatic rings. The Hall–Kier alpha value is -0.540. The van der Waals surface area contributed by atoms with E-state index in [1.807, 2.05) is 25.1 Å². The second-order valence-electron chi connectivity index (χ2n) is 5.36. The SMILES string of the molecule is CCOc1ccc(C(O)C2CC2(C)C)c(Br)c1. The van der Waals surface area contributed by atoms with E-state index in [2.05, 4.69) is 29.8 Å². The first-order valence-electron chi connectivity index (χ1n) is 6.06. The van der Waals surface area contributed by atoms with Gasteiger partial charge in [-0.25, -0.2) is 0 Å². The van der Waals surface area contributed by atoms with Gasteiger partial charge in [0.05, 0.1) is 12.7 Å². The predicted octanol–water partition coefficient (Wildman–Crippen LogP) is 3.93. The summed E-state index contributed by atoms with van der Waals surface area (Å²) in [7, 11) is 0. The normalized spacial score (nSPS) is 23.2. The Morgan fingerprint density at radius 3 is 2.65 bits per heavy atom. The van der Waals surface area contributed by atoms with Gasteiger partial charge in [0, 0.05) is 4.47 Å². The minimum Gasteiger partial charge on any atom is -0.494 e.